The third-order valence-electron chi connectivity index (χ3n) is 3.70. The van der Waals surface area contributed by atoms with Crippen molar-refractivity contribution in [2.24, 2.45) is 0 Å². The predicted molar refractivity (Wildman–Crippen MR) is 78.3 cm³/mol. The molecule has 0 radical (unpaired) electrons. The molecule has 1 aliphatic carbocycles. The molecule has 0 saturated heterocycles. The highest BCUT2D eigenvalue weighted by atomic mass is 32.1. The SMILES string of the molecule is O=C(O)C(C(=O)OC1CCc2ccccc21)c1ccsc1. The van der Waals surface area contributed by atoms with Crippen LogP contribution in [0, 0.1) is 0 Å². The molecule has 1 heterocycles. The van der Waals surface area contributed by atoms with Crippen LogP contribution in [0.4, 0.5) is 0 Å². The number of carboxylic acids is 1. The zero-order valence-electron chi connectivity index (χ0n) is 11.2. The highest BCUT2D eigenvalue weighted by Crippen LogP contribution is 2.35. The van der Waals surface area contributed by atoms with E-state index in [-0.39, 0.29) is 6.10 Å². The maximum Gasteiger partial charge on any atom is 0.325 e. The van der Waals surface area contributed by atoms with Gasteiger partial charge < -0.3 is 9.84 Å². The predicted octanol–water partition coefficient (Wildman–Crippen LogP) is 3.15. The summed E-state index contributed by atoms with van der Waals surface area (Å²) in [5, 5.41) is 12.7. The van der Waals surface area contributed by atoms with Crippen LogP contribution in [-0.4, -0.2) is 17.0 Å². The zero-order chi connectivity index (χ0) is 14.8. The zero-order valence-corrected chi connectivity index (χ0v) is 12.0. The topological polar surface area (TPSA) is 63.6 Å². The Hall–Kier alpha value is -2.14. The fourth-order valence-electron chi connectivity index (χ4n) is 2.67. The van der Waals surface area contributed by atoms with Gasteiger partial charge in [0.15, 0.2) is 5.92 Å². The Bertz CT molecular complexity index is 663. The van der Waals surface area contributed by atoms with E-state index in [0.29, 0.717) is 12.0 Å². The lowest BCUT2D eigenvalue weighted by molar-refractivity contribution is -0.158. The van der Waals surface area contributed by atoms with E-state index in [4.69, 9.17) is 4.74 Å². The average molecular weight is 302 g/mol. The molecule has 0 spiro atoms. The Balaban J connectivity index is 1.79. The second-order valence-corrected chi connectivity index (χ2v) is 5.77. The van der Waals surface area contributed by atoms with E-state index in [2.05, 4.69) is 0 Å². The van der Waals surface area contributed by atoms with Crippen LogP contribution >= 0.6 is 11.3 Å². The van der Waals surface area contributed by atoms with Gasteiger partial charge in [-0.3, -0.25) is 9.59 Å². The highest BCUT2D eigenvalue weighted by Gasteiger charge is 2.34. The van der Waals surface area contributed by atoms with Gasteiger partial charge in [0.1, 0.15) is 6.10 Å². The van der Waals surface area contributed by atoms with Crippen molar-refractivity contribution in [2.75, 3.05) is 0 Å². The van der Waals surface area contributed by atoms with E-state index in [1.807, 2.05) is 24.3 Å². The number of carboxylic acid groups (broad SMARTS) is 1. The van der Waals surface area contributed by atoms with Crippen molar-refractivity contribution in [3.05, 3.63) is 57.8 Å². The summed E-state index contributed by atoms with van der Waals surface area (Å²) in [7, 11) is 0. The first-order valence-corrected chi connectivity index (χ1v) is 7.64. The van der Waals surface area contributed by atoms with Gasteiger partial charge in [-0.25, -0.2) is 0 Å². The molecule has 0 bridgehead atoms. The molecule has 3 rings (SSSR count). The highest BCUT2D eigenvalue weighted by molar-refractivity contribution is 7.08. The smallest absolute Gasteiger partial charge is 0.325 e. The Morgan fingerprint density at radius 1 is 1.29 bits per heavy atom. The second kappa shape index (κ2) is 5.69. The number of rotatable bonds is 4. The van der Waals surface area contributed by atoms with E-state index < -0.39 is 17.9 Å². The first-order valence-electron chi connectivity index (χ1n) is 6.70. The summed E-state index contributed by atoms with van der Waals surface area (Å²) in [4.78, 5) is 23.6. The van der Waals surface area contributed by atoms with Gasteiger partial charge in [0.25, 0.3) is 0 Å². The Morgan fingerprint density at radius 2 is 2.10 bits per heavy atom. The van der Waals surface area contributed by atoms with Crippen LogP contribution in [0.25, 0.3) is 0 Å². The molecule has 1 aliphatic rings. The number of aryl methyl sites for hydroxylation is 1. The fraction of sp³-hybridized carbons (Fsp3) is 0.250. The maximum atomic E-state index is 12.3. The summed E-state index contributed by atoms with van der Waals surface area (Å²) >= 11 is 1.36. The largest absolute Gasteiger partial charge is 0.480 e. The summed E-state index contributed by atoms with van der Waals surface area (Å²) in [6, 6.07) is 9.44. The van der Waals surface area contributed by atoms with Crippen LogP contribution in [0.3, 0.4) is 0 Å². The lowest BCUT2D eigenvalue weighted by Crippen LogP contribution is -2.24. The van der Waals surface area contributed by atoms with Gasteiger partial charge in [-0.1, -0.05) is 24.3 Å². The van der Waals surface area contributed by atoms with Crippen LogP contribution in [0.5, 0.6) is 0 Å². The second-order valence-electron chi connectivity index (χ2n) is 4.99. The lowest BCUT2D eigenvalue weighted by Gasteiger charge is -2.16. The third-order valence-corrected chi connectivity index (χ3v) is 4.40. The minimum atomic E-state index is -1.25. The van der Waals surface area contributed by atoms with Crippen molar-refractivity contribution in [3.8, 4) is 0 Å². The normalized spacial score (nSPS) is 18.0. The molecule has 21 heavy (non-hydrogen) atoms. The number of carbonyl (C=O) groups is 2. The number of fused-ring (bicyclic) bond motifs is 1. The number of carbonyl (C=O) groups excluding carboxylic acids is 1. The molecule has 4 nitrogen and oxygen atoms in total. The molecule has 2 unspecified atom stereocenters. The van der Waals surface area contributed by atoms with Crippen LogP contribution in [0.1, 0.15) is 35.1 Å². The summed E-state index contributed by atoms with van der Waals surface area (Å²) in [6.07, 6.45) is 1.22. The van der Waals surface area contributed by atoms with Gasteiger partial charge in [0, 0.05) is 0 Å². The van der Waals surface area contributed by atoms with Crippen molar-refractivity contribution in [1.82, 2.24) is 0 Å². The standard InChI is InChI=1S/C16H14O4S/c17-15(18)14(11-7-8-21-9-11)16(19)20-13-6-5-10-3-1-2-4-12(10)13/h1-4,7-9,13-14H,5-6H2,(H,17,18). The summed E-state index contributed by atoms with van der Waals surface area (Å²) in [6.45, 7) is 0. The Labute approximate surface area is 126 Å². The molecule has 108 valence electrons. The molecule has 1 aromatic carbocycles. The van der Waals surface area contributed by atoms with Crippen molar-refractivity contribution < 1.29 is 19.4 Å². The molecule has 0 amide bonds. The molecule has 0 saturated carbocycles. The number of benzene rings is 1. The number of ether oxygens (including phenoxy) is 1. The molecule has 0 aliphatic heterocycles. The number of thiophene rings is 1. The van der Waals surface area contributed by atoms with Crippen LogP contribution < -0.4 is 0 Å². The van der Waals surface area contributed by atoms with E-state index in [0.717, 1.165) is 17.5 Å². The van der Waals surface area contributed by atoms with E-state index in [9.17, 15) is 14.7 Å². The van der Waals surface area contributed by atoms with Gasteiger partial charge in [0.05, 0.1) is 0 Å². The van der Waals surface area contributed by atoms with E-state index in [1.165, 1.54) is 11.3 Å². The van der Waals surface area contributed by atoms with Gasteiger partial charge in [-0.05, 0) is 46.4 Å². The number of hydrogen-bond acceptors (Lipinski definition) is 4. The molecule has 2 atom stereocenters. The number of hydrogen-bond donors (Lipinski definition) is 1. The molecule has 1 N–H and O–H groups in total. The summed E-state index contributed by atoms with van der Waals surface area (Å²) in [5.74, 6) is -3.11. The lowest BCUT2D eigenvalue weighted by atomic mass is 10.0. The van der Waals surface area contributed by atoms with Crippen LogP contribution in [0.15, 0.2) is 41.1 Å². The Kier molecular flexibility index (Phi) is 3.75. The molecule has 2 aromatic rings. The third kappa shape index (κ3) is 2.69. The van der Waals surface area contributed by atoms with Crippen molar-refractivity contribution in [3.63, 3.8) is 0 Å². The van der Waals surface area contributed by atoms with Gasteiger partial charge in [0.2, 0.25) is 0 Å². The van der Waals surface area contributed by atoms with Crippen LogP contribution in [-0.2, 0) is 20.7 Å². The quantitative estimate of drug-likeness (QED) is 0.696. The molecule has 0 fully saturated rings. The average Bonchev–Trinajstić information content (AvgIpc) is 3.09. The van der Waals surface area contributed by atoms with E-state index in [1.54, 1.807) is 16.8 Å². The molecule has 1 aromatic heterocycles. The molecular formula is C16H14O4S. The fourth-order valence-corrected chi connectivity index (χ4v) is 3.35. The van der Waals surface area contributed by atoms with Crippen molar-refractivity contribution in [2.45, 2.75) is 24.9 Å². The minimum Gasteiger partial charge on any atom is -0.480 e. The van der Waals surface area contributed by atoms with E-state index >= 15 is 0 Å². The number of esters is 1. The van der Waals surface area contributed by atoms with Crippen molar-refractivity contribution in [1.29, 1.82) is 0 Å². The summed E-state index contributed by atoms with van der Waals surface area (Å²) < 4.78 is 5.47. The first-order chi connectivity index (χ1) is 10.2. The van der Waals surface area contributed by atoms with Crippen molar-refractivity contribution >= 4 is 23.3 Å². The first kappa shape index (κ1) is 13.8. The monoisotopic (exact) mass is 302 g/mol. The van der Waals surface area contributed by atoms with Gasteiger partial charge in [-0.15, -0.1) is 0 Å². The summed E-state index contributed by atoms with van der Waals surface area (Å²) in [5.41, 5.74) is 2.63. The van der Waals surface area contributed by atoms with Gasteiger partial charge >= 0.3 is 11.9 Å². The Morgan fingerprint density at radius 3 is 2.81 bits per heavy atom. The number of aliphatic carboxylic acids is 1. The minimum absolute atomic E-state index is 0.339. The maximum absolute atomic E-state index is 12.3. The molecule has 5 heteroatoms. The van der Waals surface area contributed by atoms with Gasteiger partial charge in [-0.2, -0.15) is 11.3 Å². The van der Waals surface area contributed by atoms with Crippen LogP contribution in [0.2, 0.25) is 0 Å². The molecular weight excluding hydrogens is 288 g/mol.